The third-order valence-corrected chi connectivity index (χ3v) is 3.96. The Morgan fingerprint density at radius 3 is 2.56 bits per heavy atom. The van der Waals surface area contributed by atoms with Gasteiger partial charge in [0.05, 0.1) is 12.7 Å². The molecule has 134 valence electrons. The van der Waals surface area contributed by atoms with Gasteiger partial charge < -0.3 is 25.8 Å². The predicted octanol–water partition coefficient (Wildman–Crippen LogP) is 1.81. The number of hydrogen-bond acceptors (Lipinski definition) is 5. The summed E-state index contributed by atoms with van der Waals surface area (Å²) in [6.07, 6.45) is -1.19. The maximum absolute atomic E-state index is 10.2. The summed E-state index contributed by atoms with van der Waals surface area (Å²) in [6.45, 7) is 2.58. The lowest BCUT2D eigenvalue weighted by atomic mass is 10.1. The van der Waals surface area contributed by atoms with Crippen LogP contribution >= 0.6 is 0 Å². The van der Waals surface area contributed by atoms with Crippen molar-refractivity contribution in [3.63, 3.8) is 0 Å². The highest BCUT2D eigenvalue weighted by Crippen LogP contribution is 2.32. The number of carboxylic acid groups (broad SMARTS) is 1. The quantitative estimate of drug-likeness (QED) is 0.672. The van der Waals surface area contributed by atoms with Crippen molar-refractivity contribution in [1.82, 2.24) is 0 Å². The molecule has 0 aromatic heterocycles. The Morgan fingerprint density at radius 1 is 1.28 bits per heavy atom. The lowest BCUT2D eigenvalue weighted by Gasteiger charge is -2.09. The molecule has 25 heavy (non-hydrogen) atoms. The smallest absolute Gasteiger partial charge is 0.337 e. The van der Waals surface area contributed by atoms with Crippen molar-refractivity contribution in [3.8, 4) is 5.75 Å². The molecule has 2 aromatic rings. The normalized spacial score (nSPS) is 19.4. The first-order valence-electron chi connectivity index (χ1n) is 8.09. The van der Waals surface area contributed by atoms with Gasteiger partial charge in [-0.15, -0.1) is 0 Å². The largest absolute Gasteiger partial charge is 0.494 e. The summed E-state index contributed by atoms with van der Waals surface area (Å²) in [4.78, 5) is 10.2. The van der Waals surface area contributed by atoms with Crippen LogP contribution in [0.1, 0.15) is 35.8 Å². The Hall–Kier alpha value is -2.41. The van der Waals surface area contributed by atoms with Gasteiger partial charge in [0.15, 0.2) is 6.10 Å². The van der Waals surface area contributed by atoms with Crippen LogP contribution < -0.4 is 10.5 Å². The lowest BCUT2D eigenvalue weighted by molar-refractivity contribution is -0.146. The number of aliphatic hydroxyl groups is 2. The zero-order valence-electron chi connectivity index (χ0n) is 14.0. The third-order valence-electron chi connectivity index (χ3n) is 3.96. The number of carbonyl (C=O) groups is 1. The molecular formula is C19H23NO5. The second-order valence-corrected chi connectivity index (χ2v) is 5.76. The molecule has 1 aliphatic rings. The Bertz CT molecular complexity index is 704. The molecule has 5 N–H and O–H groups in total. The second-order valence-electron chi connectivity index (χ2n) is 5.76. The van der Waals surface area contributed by atoms with Crippen LogP contribution in [0.4, 0.5) is 0 Å². The molecule has 3 atom stereocenters. The van der Waals surface area contributed by atoms with Crippen LogP contribution in [0, 0.1) is 0 Å². The maximum Gasteiger partial charge on any atom is 0.337 e. The number of benzene rings is 2. The molecule has 0 bridgehead atoms. The molecule has 3 rings (SSSR count). The van der Waals surface area contributed by atoms with Crippen molar-refractivity contribution >= 4 is 5.97 Å². The van der Waals surface area contributed by atoms with E-state index in [1.165, 1.54) is 0 Å². The molecule has 0 fully saturated rings. The molecule has 0 aliphatic heterocycles. The summed E-state index contributed by atoms with van der Waals surface area (Å²) in [5, 5.41) is 27.1. The van der Waals surface area contributed by atoms with Gasteiger partial charge in [0.1, 0.15) is 5.75 Å². The lowest BCUT2D eigenvalue weighted by Crippen LogP contribution is -2.24. The Balaban J connectivity index is 0.000000186. The Kier molecular flexibility index (Phi) is 6.52. The highest BCUT2D eigenvalue weighted by atomic mass is 16.5. The molecule has 0 amide bonds. The average molecular weight is 345 g/mol. The number of nitrogens with two attached hydrogens (primary N) is 1. The van der Waals surface area contributed by atoms with E-state index in [4.69, 9.17) is 20.7 Å². The summed E-state index contributed by atoms with van der Waals surface area (Å²) in [5.41, 5.74) is 8.22. The third kappa shape index (κ3) is 4.79. The minimum atomic E-state index is -1.41. The zero-order valence-corrected chi connectivity index (χ0v) is 14.0. The van der Waals surface area contributed by atoms with E-state index >= 15 is 0 Å². The van der Waals surface area contributed by atoms with Crippen LogP contribution in [-0.2, 0) is 11.2 Å². The number of fused-ring (bicyclic) bond motifs is 1. The van der Waals surface area contributed by atoms with Gasteiger partial charge in [-0.1, -0.05) is 36.4 Å². The molecule has 1 unspecified atom stereocenters. The molecule has 0 spiro atoms. The van der Waals surface area contributed by atoms with Crippen molar-refractivity contribution in [2.24, 2.45) is 5.73 Å². The summed E-state index contributed by atoms with van der Waals surface area (Å²) in [5.74, 6) is -0.421. The zero-order chi connectivity index (χ0) is 18.4. The van der Waals surface area contributed by atoms with Gasteiger partial charge in [-0.2, -0.15) is 0 Å². The number of aliphatic hydroxyl groups excluding tert-OH is 2. The Labute approximate surface area is 146 Å². The maximum atomic E-state index is 10.2. The van der Waals surface area contributed by atoms with Crippen molar-refractivity contribution in [3.05, 3.63) is 65.2 Å². The SMILES string of the molecule is CCOc1ccc2c(c1)C(O)[C@@H](N)C2.O=C(O)[C@H](O)c1ccccc1. The van der Waals surface area contributed by atoms with Gasteiger partial charge in [-0.25, -0.2) is 4.79 Å². The average Bonchev–Trinajstić information content (AvgIpc) is 2.90. The summed E-state index contributed by atoms with van der Waals surface area (Å²) < 4.78 is 5.36. The molecule has 6 heteroatoms. The van der Waals surface area contributed by atoms with Crippen LogP contribution in [0.25, 0.3) is 0 Å². The van der Waals surface area contributed by atoms with Crippen molar-refractivity contribution in [1.29, 1.82) is 0 Å². The summed E-state index contributed by atoms with van der Waals surface area (Å²) in [6, 6.07) is 13.9. The first-order valence-corrected chi connectivity index (χ1v) is 8.09. The first kappa shape index (κ1) is 18.9. The fourth-order valence-electron chi connectivity index (χ4n) is 2.66. The number of aliphatic carboxylic acids is 1. The van der Waals surface area contributed by atoms with E-state index in [9.17, 15) is 9.90 Å². The van der Waals surface area contributed by atoms with Gasteiger partial charge in [0.25, 0.3) is 0 Å². The van der Waals surface area contributed by atoms with Gasteiger partial charge >= 0.3 is 5.97 Å². The molecule has 1 aliphatic carbocycles. The molecule has 2 aromatic carbocycles. The van der Waals surface area contributed by atoms with Crippen molar-refractivity contribution in [2.75, 3.05) is 6.61 Å². The highest BCUT2D eigenvalue weighted by molar-refractivity contribution is 5.73. The molecule has 0 saturated heterocycles. The molecular weight excluding hydrogens is 322 g/mol. The van der Waals surface area contributed by atoms with Gasteiger partial charge in [0.2, 0.25) is 0 Å². The summed E-state index contributed by atoms with van der Waals surface area (Å²) in [7, 11) is 0. The predicted molar refractivity (Wildman–Crippen MR) is 93.3 cm³/mol. The first-order chi connectivity index (χ1) is 11.9. The van der Waals surface area contributed by atoms with E-state index in [0.29, 0.717) is 12.2 Å². The standard InChI is InChI=1S/C11H15NO2.C8H8O3/c1-2-14-8-4-3-7-5-10(12)11(13)9(7)6-8;9-7(8(10)11)6-4-2-1-3-5-6/h3-4,6,10-11,13H,2,5,12H2,1H3;1-5,7,9H,(H,10,11)/t10-,11?;7-/m01/s1. The molecule has 0 saturated carbocycles. The second kappa shape index (κ2) is 8.62. The highest BCUT2D eigenvalue weighted by Gasteiger charge is 2.28. The van der Waals surface area contributed by atoms with E-state index in [1.807, 2.05) is 25.1 Å². The topological polar surface area (TPSA) is 113 Å². The minimum Gasteiger partial charge on any atom is -0.494 e. The van der Waals surface area contributed by atoms with Gasteiger partial charge in [0, 0.05) is 6.04 Å². The number of ether oxygens (including phenoxy) is 1. The fourth-order valence-corrected chi connectivity index (χ4v) is 2.66. The number of rotatable bonds is 4. The van der Waals surface area contributed by atoms with E-state index in [1.54, 1.807) is 30.3 Å². The van der Waals surface area contributed by atoms with Crippen LogP contribution in [0.3, 0.4) is 0 Å². The molecule has 0 radical (unpaired) electrons. The summed E-state index contributed by atoms with van der Waals surface area (Å²) >= 11 is 0. The number of hydrogen-bond donors (Lipinski definition) is 4. The monoisotopic (exact) mass is 345 g/mol. The van der Waals surface area contributed by atoms with Crippen LogP contribution in [0.15, 0.2) is 48.5 Å². The van der Waals surface area contributed by atoms with Crippen molar-refractivity contribution in [2.45, 2.75) is 31.6 Å². The van der Waals surface area contributed by atoms with Crippen molar-refractivity contribution < 1.29 is 24.9 Å². The van der Waals surface area contributed by atoms with Gasteiger partial charge in [-0.05, 0) is 42.2 Å². The van der Waals surface area contributed by atoms with Crippen LogP contribution in [0.5, 0.6) is 5.75 Å². The Morgan fingerprint density at radius 2 is 1.96 bits per heavy atom. The van der Waals surface area contributed by atoms with E-state index in [-0.39, 0.29) is 6.04 Å². The molecule has 0 heterocycles. The van der Waals surface area contributed by atoms with Crippen LogP contribution in [-0.4, -0.2) is 33.9 Å². The minimum absolute atomic E-state index is 0.165. The van der Waals surface area contributed by atoms with E-state index in [0.717, 1.165) is 23.3 Å². The fraction of sp³-hybridized carbons (Fsp3) is 0.316. The van der Waals surface area contributed by atoms with E-state index < -0.39 is 18.2 Å². The van der Waals surface area contributed by atoms with Gasteiger partial charge in [-0.3, -0.25) is 0 Å². The van der Waals surface area contributed by atoms with Crippen LogP contribution in [0.2, 0.25) is 0 Å². The van der Waals surface area contributed by atoms with E-state index in [2.05, 4.69) is 0 Å². The number of carboxylic acids is 1. The molecule has 6 nitrogen and oxygen atoms in total.